The fourth-order valence-electron chi connectivity index (χ4n) is 4.08. The summed E-state index contributed by atoms with van der Waals surface area (Å²) in [4.78, 5) is 27.3. The van der Waals surface area contributed by atoms with Gasteiger partial charge in [-0.1, -0.05) is 33.3 Å². The summed E-state index contributed by atoms with van der Waals surface area (Å²) in [5, 5.41) is 3.51. The molecule has 3 N–H and O–H groups in total. The molecule has 1 aliphatic carbocycles. The van der Waals surface area contributed by atoms with Crippen molar-refractivity contribution in [2.24, 2.45) is 23.5 Å². The second-order valence-electron chi connectivity index (χ2n) is 7.59. The number of nitrogens with one attached hydrogen (secondary N) is 1. The van der Waals surface area contributed by atoms with E-state index in [1.807, 2.05) is 11.8 Å². The highest BCUT2D eigenvalue weighted by molar-refractivity contribution is 5.88. The van der Waals surface area contributed by atoms with E-state index < -0.39 is 0 Å². The molecule has 24 heavy (non-hydrogen) atoms. The Kier molecular flexibility index (Phi) is 6.84. The van der Waals surface area contributed by atoms with Crippen molar-refractivity contribution in [3.8, 4) is 0 Å². The lowest BCUT2D eigenvalue weighted by molar-refractivity contribution is -0.141. The van der Waals surface area contributed by atoms with Crippen LogP contribution in [0, 0.1) is 17.8 Å². The zero-order valence-corrected chi connectivity index (χ0v) is 15.4. The summed E-state index contributed by atoms with van der Waals surface area (Å²) in [6.45, 7) is 7.75. The summed E-state index contributed by atoms with van der Waals surface area (Å²) in [5.74, 6) is -0.538. The van der Waals surface area contributed by atoms with E-state index in [9.17, 15) is 9.59 Å². The second-order valence-corrected chi connectivity index (χ2v) is 7.59. The summed E-state index contributed by atoms with van der Waals surface area (Å²) in [5.41, 5.74) is 6.78. The Hall–Kier alpha value is -1.36. The molecule has 0 saturated carbocycles. The number of piperazine rings is 1. The highest BCUT2D eigenvalue weighted by Gasteiger charge is 2.38. The van der Waals surface area contributed by atoms with Crippen LogP contribution in [0.4, 0.5) is 0 Å². The largest absolute Gasteiger partial charge is 0.369 e. The van der Waals surface area contributed by atoms with Crippen LogP contribution < -0.4 is 11.1 Å². The molecule has 0 spiro atoms. The van der Waals surface area contributed by atoms with Crippen LogP contribution in [0.3, 0.4) is 0 Å². The van der Waals surface area contributed by atoms with Gasteiger partial charge in [0.05, 0.1) is 5.92 Å². The van der Waals surface area contributed by atoms with E-state index in [1.165, 1.54) is 6.42 Å². The van der Waals surface area contributed by atoms with E-state index in [-0.39, 0.29) is 29.7 Å². The van der Waals surface area contributed by atoms with Crippen LogP contribution in [-0.2, 0) is 9.59 Å². The molecule has 0 bridgehead atoms. The number of rotatable bonds is 7. The molecule has 2 rings (SSSR count). The molecule has 1 aliphatic heterocycles. The monoisotopic (exact) mass is 335 g/mol. The van der Waals surface area contributed by atoms with Crippen molar-refractivity contribution >= 4 is 11.8 Å². The van der Waals surface area contributed by atoms with Crippen molar-refractivity contribution in [3.05, 3.63) is 11.8 Å². The first-order valence-corrected chi connectivity index (χ1v) is 9.49. The molecule has 0 aromatic heterocycles. The van der Waals surface area contributed by atoms with E-state index in [0.29, 0.717) is 25.3 Å². The third-order valence-corrected chi connectivity index (χ3v) is 5.20. The van der Waals surface area contributed by atoms with Gasteiger partial charge in [-0.25, -0.2) is 0 Å². The highest BCUT2D eigenvalue weighted by atomic mass is 16.2. The van der Waals surface area contributed by atoms with Gasteiger partial charge >= 0.3 is 0 Å². The van der Waals surface area contributed by atoms with Crippen molar-refractivity contribution in [2.45, 2.75) is 65.3 Å². The fourth-order valence-corrected chi connectivity index (χ4v) is 4.08. The smallest absolute Gasteiger partial charge is 0.230 e. The Labute approximate surface area is 146 Å². The zero-order valence-electron chi connectivity index (χ0n) is 15.4. The molecule has 2 aliphatic rings. The van der Waals surface area contributed by atoms with Crippen molar-refractivity contribution in [2.75, 3.05) is 13.1 Å². The standard InChI is InChI=1S/C19H33N3O2/c1-4-7-14(18(20)23)15(12-13(2)3)19(24)22-11-10-21-16-8-5-6-9-17(16)22/h9,13-16,21H,4-8,10-12H2,1-3H3,(H2,20,23)/t14-,15+,16?/m0/s1. The minimum atomic E-state index is -0.359. The van der Waals surface area contributed by atoms with E-state index >= 15 is 0 Å². The predicted molar refractivity (Wildman–Crippen MR) is 96.0 cm³/mol. The minimum absolute atomic E-state index is 0.0978. The molecule has 2 amide bonds. The SMILES string of the molecule is CCC[C@H](C(N)=O)[C@@H](CC(C)C)C(=O)N1CCNC2CCCC=C21. The zero-order chi connectivity index (χ0) is 17.7. The molecule has 5 nitrogen and oxygen atoms in total. The lowest BCUT2D eigenvalue weighted by Gasteiger charge is -2.41. The quantitative estimate of drug-likeness (QED) is 0.750. The Bertz CT molecular complexity index is 487. The molecule has 0 aromatic carbocycles. The van der Waals surface area contributed by atoms with Gasteiger partial charge in [0.1, 0.15) is 0 Å². The van der Waals surface area contributed by atoms with E-state index in [0.717, 1.165) is 31.5 Å². The van der Waals surface area contributed by atoms with Crippen LogP contribution >= 0.6 is 0 Å². The number of hydrogen-bond acceptors (Lipinski definition) is 3. The van der Waals surface area contributed by atoms with Crippen molar-refractivity contribution < 1.29 is 9.59 Å². The average molecular weight is 335 g/mol. The van der Waals surface area contributed by atoms with Crippen LogP contribution in [-0.4, -0.2) is 35.8 Å². The molecule has 1 fully saturated rings. The van der Waals surface area contributed by atoms with Crippen LogP contribution in [0.1, 0.15) is 59.3 Å². The van der Waals surface area contributed by atoms with E-state index in [4.69, 9.17) is 5.73 Å². The Morgan fingerprint density at radius 1 is 1.38 bits per heavy atom. The molecule has 136 valence electrons. The van der Waals surface area contributed by atoms with Gasteiger partial charge in [-0.3, -0.25) is 9.59 Å². The summed E-state index contributed by atoms with van der Waals surface area (Å²) in [7, 11) is 0. The van der Waals surface area contributed by atoms with Crippen molar-refractivity contribution in [1.29, 1.82) is 0 Å². The summed E-state index contributed by atoms with van der Waals surface area (Å²) in [6, 6.07) is 0.286. The van der Waals surface area contributed by atoms with Crippen LogP contribution in [0.2, 0.25) is 0 Å². The first kappa shape index (κ1) is 19.0. The third kappa shape index (κ3) is 4.38. The number of carbonyl (C=O) groups excluding carboxylic acids is 2. The van der Waals surface area contributed by atoms with Gasteiger partial charge in [0, 0.05) is 30.7 Å². The van der Waals surface area contributed by atoms with Gasteiger partial charge in [-0.2, -0.15) is 0 Å². The topological polar surface area (TPSA) is 75.4 Å². The number of nitrogens with two attached hydrogens (primary N) is 1. The molecular weight excluding hydrogens is 302 g/mol. The van der Waals surface area contributed by atoms with E-state index in [2.05, 4.69) is 25.2 Å². The van der Waals surface area contributed by atoms with Gasteiger partial charge < -0.3 is 16.0 Å². The van der Waals surface area contributed by atoms with Crippen LogP contribution in [0.25, 0.3) is 0 Å². The second kappa shape index (κ2) is 8.65. The summed E-state index contributed by atoms with van der Waals surface area (Å²) < 4.78 is 0. The van der Waals surface area contributed by atoms with Gasteiger partial charge in [-0.15, -0.1) is 0 Å². The number of allylic oxidation sites excluding steroid dienone is 1. The normalized spacial score (nSPS) is 23.4. The molecule has 0 radical (unpaired) electrons. The number of primary amides is 1. The Balaban J connectivity index is 2.25. The maximum atomic E-state index is 13.4. The molecule has 3 atom stereocenters. The summed E-state index contributed by atoms with van der Waals surface area (Å²) in [6.07, 6.45) is 7.74. The number of nitrogens with zero attached hydrogens (tertiary/aromatic N) is 1. The third-order valence-electron chi connectivity index (χ3n) is 5.20. The van der Waals surface area contributed by atoms with Crippen LogP contribution in [0.15, 0.2) is 11.8 Å². The lowest BCUT2D eigenvalue weighted by Crippen LogP contribution is -2.54. The van der Waals surface area contributed by atoms with Gasteiger partial charge in [0.25, 0.3) is 0 Å². The van der Waals surface area contributed by atoms with Gasteiger partial charge in [0.2, 0.25) is 11.8 Å². The van der Waals surface area contributed by atoms with Gasteiger partial charge in [-0.05, 0) is 38.0 Å². The maximum absolute atomic E-state index is 13.4. The van der Waals surface area contributed by atoms with E-state index in [1.54, 1.807) is 0 Å². The molecule has 1 saturated heterocycles. The number of carbonyl (C=O) groups is 2. The molecule has 5 heteroatoms. The predicted octanol–water partition coefficient (Wildman–Crippen LogP) is 2.42. The fraction of sp³-hybridized carbons (Fsp3) is 0.789. The molecule has 1 heterocycles. The maximum Gasteiger partial charge on any atom is 0.230 e. The molecule has 1 unspecified atom stereocenters. The Morgan fingerprint density at radius 2 is 2.12 bits per heavy atom. The number of fused-ring (bicyclic) bond motifs is 1. The first-order valence-electron chi connectivity index (χ1n) is 9.49. The van der Waals surface area contributed by atoms with Crippen molar-refractivity contribution in [1.82, 2.24) is 10.2 Å². The number of hydrogen-bond donors (Lipinski definition) is 2. The molecule has 0 aromatic rings. The Morgan fingerprint density at radius 3 is 2.75 bits per heavy atom. The summed E-state index contributed by atoms with van der Waals surface area (Å²) >= 11 is 0. The van der Waals surface area contributed by atoms with Gasteiger partial charge in [0.15, 0.2) is 0 Å². The number of amides is 2. The van der Waals surface area contributed by atoms with Crippen LogP contribution in [0.5, 0.6) is 0 Å². The minimum Gasteiger partial charge on any atom is -0.369 e. The molecular formula is C19H33N3O2. The average Bonchev–Trinajstić information content (AvgIpc) is 2.56. The first-order chi connectivity index (χ1) is 11.5. The lowest BCUT2D eigenvalue weighted by atomic mass is 9.80. The highest BCUT2D eigenvalue weighted by Crippen LogP contribution is 2.31. The van der Waals surface area contributed by atoms with Crippen molar-refractivity contribution in [3.63, 3.8) is 0 Å².